The fraction of sp³-hybridized carbons (Fsp3) is 0.286. The number of amides is 2. The summed E-state index contributed by atoms with van der Waals surface area (Å²) in [6.45, 7) is 7.34. The number of hydrogen-bond acceptors (Lipinski definition) is 5. The van der Waals surface area contributed by atoms with E-state index >= 15 is 0 Å². The number of urea groups is 1. The van der Waals surface area contributed by atoms with Crippen LogP contribution in [0.15, 0.2) is 47.6 Å². The number of rotatable bonds is 7. The summed E-state index contributed by atoms with van der Waals surface area (Å²) in [6, 6.07) is 12.2. The van der Waals surface area contributed by atoms with Crippen LogP contribution in [0.3, 0.4) is 0 Å². The topological polar surface area (TPSA) is 89.0 Å². The molecule has 2 aromatic rings. The summed E-state index contributed by atoms with van der Waals surface area (Å²) >= 11 is 0. The van der Waals surface area contributed by atoms with Gasteiger partial charge in [-0.3, -0.25) is 0 Å². The van der Waals surface area contributed by atoms with Crippen LogP contribution in [0.25, 0.3) is 0 Å². The van der Waals surface area contributed by atoms with Crippen molar-refractivity contribution in [1.29, 1.82) is 0 Å². The predicted molar refractivity (Wildman–Crippen MR) is 109 cm³/mol. The van der Waals surface area contributed by atoms with Crippen molar-refractivity contribution in [2.75, 3.05) is 11.9 Å². The van der Waals surface area contributed by atoms with Crippen LogP contribution in [-0.4, -0.2) is 30.9 Å². The van der Waals surface area contributed by atoms with Crippen LogP contribution in [0.5, 0.6) is 5.75 Å². The molecule has 0 atom stereocenters. The van der Waals surface area contributed by atoms with E-state index in [1.54, 1.807) is 38.1 Å². The smallest absolute Gasteiger partial charge is 0.344 e. The quantitative estimate of drug-likeness (QED) is 0.432. The lowest BCUT2D eigenvalue weighted by molar-refractivity contribution is -0.149. The van der Waals surface area contributed by atoms with Gasteiger partial charge >= 0.3 is 12.0 Å². The molecule has 0 bridgehead atoms. The molecule has 28 heavy (non-hydrogen) atoms. The summed E-state index contributed by atoms with van der Waals surface area (Å²) in [5, 5.41) is 6.68. The molecule has 0 saturated carbocycles. The highest BCUT2D eigenvalue weighted by molar-refractivity contribution is 5.91. The minimum atomic E-state index is -0.423. The van der Waals surface area contributed by atoms with E-state index in [2.05, 4.69) is 15.8 Å². The number of anilines is 1. The number of aryl methyl sites for hydroxylation is 1. The highest BCUT2D eigenvalue weighted by Crippen LogP contribution is 2.17. The van der Waals surface area contributed by atoms with Gasteiger partial charge in [-0.15, -0.1) is 0 Å². The van der Waals surface area contributed by atoms with E-state index in [0.717, 1.165) is 22.4 Å². The number of benzene rings is 2. The average Bonchev–Trinajstić information content (AvgIpc) is 2.64. The zero-order valence-electron chi connectivity index (χ0n) is 16.5. The second kappa shape index (κ2) is 10.1. The molecular formula is C21H25N3O4. The second-order valence-corrected chi connectivity index (χ2v) is 6.47. The molecule has 0 spiro atoms. The average molecular weight is 383 g/mol. The number of carbonyl (C=O) groups excluding carboxylic acids is 2. The lowest BCUT2D eigenvalue weighted by Crippen LogP contribution is -2.24. The predicted octanol–water partition coefficient (Wildman–Crippen LogP) is 3.79. The van der Waals surface area contributed by atoms with E-state index in [1.165, 1.54) is 6.21 Å². The third kappa shape index (κ3) is 6.75. The van der Waals surface area contributed by atoms with E-state index < -0.39 is 12.0 Å². The zero-order valence-corrected chi connectivity index (χ0v) is 16.5. The second-order valence-electron chi connectivity index (χ2n) is 6.47. The third-order valence-corrected chi connectivity index (χ3v) is 3.84. The summed E-state index contributed by atoms with van der Waals surface area (Å²) in [5.74, 6) is 0.123. The molecule has 0 fully saturated rings. The molecule has 7 heteroatoms. The van der Waals surface area contributed by atoms with Crippen molar-refractivity contribution >= 4 is 23.9 Å². The summed E-state index contributed by atoms with van der Waals surface area (Å²) in [5.41, 5.74) is 6.04. The van der Waals surface area contributed by atoms with Gasteiger partial charge in [0.05, 0.1) is 12.3 Å². The Morgan fingerprint density at radius 3 is 2.50 bits per heavy atom. The van der Waals surface area contributed by atoms with Gasteiger partial charge in [-0.25, -0.2) is 15.0 Å². The molecule has 0 aliphatic heterocycles. The summed E-state index contributed by atoms with van der Waals surface area (Å²) in [7, 11) is 0. The largest absolute Gasteiger partial charge is 0.482 e. The molecule has 0 saturated heterocycles. The first-order chi connectivity index (χ1) is 13.3. The van der Waals surface area contributed by atoms with Crippen molar-refractivity contribution in [2.45, 2.75) is 33.8 Å². The van der Waals surface area contributed by atoms with Crippen LogP contribution < -0.4 is 15.5 Å². The number of nitrogens with zero attached hydrogens (tertiary/aromatic N) is 1. The fourth-order valence-electron chi connectivity index (χ4n) is 2.29. The van der Waals surface area contributed by atoms with Gasteiger partial charge in [-0.2, -0.15) is 5.10 Å². The Kier molecular flexibility index (Phi) is 7.56. The Morgan fingerprint density at radius 1 is 1.11 bits per heavy atom. The molecule has 0 unspecified atom stereocenters. The third-order valence-electron chi connectivity index (χ3n) is 3.84. The molecule has 2 aromatic carbocycles. The number of hydrazone groups is 1. The first kappa shape index (κ1) is 21.0. The van der Waals surface area contributed by atoms with Crippen LogP contribution in [0, 0.1) is 13.8 Å². The maximum atomic E-state index is 11.9. The molecule has 0 aliphatic rings. The van der Waals surface area contributed by atoms with Crippen LogP contribution in [0.4, 0.5) is 10.5 Å². The molecule has 2 amide bonds. The van der Waals surface area contributed by atoms with E-state index in [0.29, 0.717) is 5.75 Å². The van der Waals surface area contributed by atoms with E-state index in [4.69, 9.17) is 9.47 Å². The van der Waals surface area contributed by atoms with Crippen LogP contribution >= 0.6 is 0 Å². The summed E-state index contributed by atoms with van der Waals surface area (Å²) in [4.78, 5) is 23.4. The van der Waals surface area contributed by atoms with Gasteiger partial charge in [-0.1, -0.05) is 12.1 Å². The maximum absolute atomic E-state index is 11.9. The van der Waals surface area contributed by atoms with Gasteiger partial charge < -0.3 is 14.8 Å². The lowest BCUT2D eigenvalue weighted by Gasteiger charge is -2.09. The molecule has 148 valence electrons. The zero-order chi connectivity index (χ0) is 20.5. The van der Waals surface area contributed by atoms with Crippen molar-refractivity contribution in [1.82, 2.24) is 5.43 Å². The number of hydrogen-bond donors (Lipinski definition) is 2. The number of ether oxygens (including phenoxy) is 2. The maximum Gasteiger partial charge on any atom is 0.344 e. The summed E-state index contributed by atoms with van der Waals surface area (Å²) < 4.78 is 10.4. The monoisotopic (exact) mass is 383 g/mol. The fourth-order valence-corrected chi connectivity index (χ4v) is 2.29. The molecule has 0 aliphatic carbocycles. The van der Waals surface area contributed by atoms with Crippen molar-refractivity contribution in [3.8, 4) is 5.75 Å². The van der Waals surface area contributed by atoms with Crippen LogP contribution in [0.1, 0.15) is 30.5 Å². The molecule has 0 heterocycles. The molecule has 2 rings (SSSR count). The van der Waals surface area contributed by atoms with Crippen molar-refractivity contribution in [3.05, 3.63) is 59.2 Å². The molecule has 0 aromatic heterocycles. The number of nitrogens with one attached hydrogen (secondary N) is 2. The van der Waals surface area contributed by atoms with Crippen LogP contribution in [0.2, 0.25) is 0 Å². The minimum absolute atomic E-state index is 0.147. The standard InChI is InChI=1S/C21H25N3O4/c1-14(2)28-20(25)13-27-18-10-8-17(9-11-18)12-22-24-21(26)23-19-7-5-6-15(3)16(19)4/h5-12,14H,13H2,1-4H3,(H2,23,24,26)/b22-12+. The van der Waals surface area contributed by atoms with Crippen molar-refractivity contribution in [3.63, 3.8) is 0 Å². The molecular weight excluding hydrogens is 358 g/mol. The molecule has 7 nitrogen and oxygen atoms in total. The Balaban J connectivity index is 1.81. The van der Waals surface area contributed by atoms with Gasteiger partial charge in [0.15, 0.2) is 6.61 Å². The van der Waals surface area contributed by atoms with Gasteiger partial charge in [0, 0.05) is 5.69 Å². The SMILES string of the molecule is Cc1cccc(NC(=O)N/N=C/c2ccc(OCC(=O)OC(C)C)cc2)c1C. The Bertz CT molecular complexity index is 845. The van der Waals surface area contributed by atoms with Gasteiger partial charge in [-0.05, 0) is 74.7 Å². The highest BCUT2D eigenvalue weighted by atomic mass is 16.6. The van der Waals surface area contributed by atoms with Crippen molar-refractivity contribution in [2.24, 2.45) is 5.10 Å². The first-order valence-corrected chi connectivity index (χ1v) is 8.93. The van der Waals surface area contributed by atoms with Gasteiger partial charge in [0.2, 0.25) is 0 Å². The Labute approximate surface area is 164 Å². The van der Waals surface area contributed by atoms with E-state index in [1.807, 2.05) is 32.0 Å². The number of esters is 1. The van der Waals surface area contributed by atoms with Gasteiger partial charge in [0.1, 0.15) is 5.75 Å². The summed E-state index contributed by atoms with van der Waals surface area (Å²) in [6.07, 6.45) is 1.34. The lowest BCUT2D eigenvalue weighted by atomic mass is 10.1. The molecule has 0 radical (unpaired) electrons. The van der Waals surface area contributed by atoms with E-state index in [9.17, 15) is 9.59 Å². The number of carbonyl (C=O) groups is 2. The highest BCUT2D eigenvalue weighted by Gasteiger charge is 2.06. The van der Waals surface area contributed by atoms with Gasteiger partial charge in [0.25, 0.3) is 0 Å². The minimum Gasteiger partial charge on any atom is -0.482 e. The first-order valence-electron chi connectivity index (χ1n) is 8.93. The molecule has 2 N–H and O–H groups in total. The van der Waals surface area contributed by atoms with Crippen molar-refractivity contribution < 1.29 is 19.1 Å². The Morgan fingerprint density at radius 2 is 1.82 bits per heavy atom. The van der Waals surface area contributed by atoms with Crippen LogP contribution in [-0.2, 0) is 9.53 Å². The Hall–Kier alpha value is -3.35. The van der Waals surface area contributed by atoms with E-state index in [-0.39, 0.29) is 12.7 Å². The normalized spacial score (nSPS) is 10.8.